The molecule has 2 aromatic rings. The highest BCUT2D eigenvalue weighted by Crippen LogP contribution is 2.32. The molecule has 25 heavy (non-hydrogen) atoms. The van der Waals surface area contributed by atoms with Gasteiger partial charge in [-0.05, 0) is 17.7 Å². The summed E-state index contributed by atoms with van der Waals surface area (Å²) in [4.78, 5) is 34.8. The summed E-state index contributed by atoms with van der Waals surface area (Å²) in [6, 6.07) is 3.87. The van der Waals surface area contributed by atoms with Crippen LogP contribution in [0.1, 0.15) is 23.6 Å². The zero-order valence-electron chi connectivity index (χ0n) is 12.9. The molecule has 1 aromatic heterocycles. The van der Waals surface area contributed by atoms with E-state index in [1.807, 2.05) is 0 Å². The molecule has 1 unspecified atom stereocenters. The molecule has 0 spiro atoms. The minimum Gasteiger partial charge on any atom is -0.480 e. The van der Waals surface area contributed by atoms with Gasteiger partial charge >= 0.3 is 5.97 Å². The van der Waals surface area contributed by atoms with E-state index in [1.54, 1.807) is 0 Å². The molecule has 2 heterocycles. The molecule has 2 amide bonds. The summed E-state index contributed by atoms with van der Waals surface area (Å²) in [6.45, 7) is -0.296. The van der Waals surface area contributed by atoms with Gasteiger partial charge in [-0.25, -0.2) is 9.07 Å². The van der Waals surface area contributed by atoms with Crippen LogP contribution >= 0.6 is 0 Å². The first-order valence-electron chi connectivity index (χ1n) is 7.40. The number of carbonyl (C=O) groups is 3. The Labute approximate surface area is 140 Å². The van der Waals surface area contributed by atoms with Crippen LogP contribution in [-0.4, -0.2) is 37.9 Å². The molecule has 0 aliphatic carbocycles. The average Bonchev–Trinajstić information content (AvgIpc) is 2.98. The van der Waals surface area contributed by atoms with Gasteiger partial charge < -0.3 is 15.7 Å². The second kappa shape index (κ2) is 6.67. The van der Waals surface area contributed by atoms with E-state index < -0.39 is 23.6 Å². The summed E-state index contributed by atoms with van der Waals surface area (Å²) in [5.74, 6) is -3.08. The van der Waals surface area contributed by atoms with Crippen molar-refractivity contribution < 1.29 is 23.9 Å². The fourth-order valence-corrected chi connectivity index (χ4v) is 2.61. The van der Waals surface area contributed by atoms with Crippen LogP contribution in [0, 0.1) is 5.82 Å². The van der Waals surface area contributed by atoms with Gasteiger partial charge in [0.1, 0.15) is 18.1 Å². The second-order valence-corrected chi connectivity index (χ2v) is 5.56. The standard InChI is InChI=1S/C15H14FN5O4/c16-8-1-2-10-11(4-13(22)18-12(10)3-8)15(25)17-5-9-6-21(20-19-9)7-14(23)24/h1-3,6,11H,4-5,7H2,(H,17,25)(H,18,22)(H,23,24). The van der Waals surface area contributed by atoms with Gasteiger partial charge in [0.15, 0.2) is 0 Å². The van der Waals surface area contributed by atoms with E-state index in [4.69, 9.17) is 5.11 Å². The van der Waals surface area contributed by atoms with Gasteiger partial charge in [0, 0.05) is 12.1 Å². The van der Waals surface area contributed by atoms with Crippen LogP contribution < -0.4 is 10.6 Å². The third-order valence-corrected chi connectivity index (χ3v) is 3.70. The molecule has 130 valence electrons. The minimum absolute atomic E-state index is 0.0348. The van der Waals surface area contributed by atoms with Gasteiger partial charge in [-0.2, -0.15) is 0 Å². The molecule has 1 aliphatic rings. The first-order valence-corrected chi connectivity index (χ1v) is 7.40. The van der Waals surface area contributed by atoms with Crippen LogP contribution in [0.15, 0.2) is 24.4 Å². The molecule has 1 aromatic carbocycles. The SMILES string of the molecule is O=C(O)Cn1cc(CNC(=O)C2CC(=O)Nc3cc(F)ccc32)nn1. The smallest absolute Gasteiger partial charge is 0.325 e. The van der Waals surface area contributed by atoms with Crippen molar-refractivity contribution in [3.8, 4) is 0 Å². The van der Waals surface area contributed by atoms with E-state index >= 15 is 0 Å². The molecule has 0 radical (unpaired) electrons. The molecule has 1 atom stereocenters. The molecule has 1 aliphatic heterocycles. The van der Waals surface area contributed by atoms with Crippen molar-refractivity contribution in [1.82, 2.24) is 20.3 Å². The summed E-state index contributed by atoms with van der Waals surface area (Å²) < 4.78 is 14.4. The number of aromatic nitrogens is 3. The fourth-order valence-electron chi connectivity index (χ4n) is 2.61. The van der Waals surface area contributed by atoms with Gasteiger partial charge in [0.05, 0.1) is 18.7 Å². The number of fused-ring (bicyclic) bond motifs is 1. The van der Waals surface area contributed by atoms with Crippen molar-refractivity contribution in [2.45, 2.75) is 25.4 Å². The van der Waals surface area contributed by atoms with Gasteiger partial charge in [0.25, 0.3) is 0 Å². The largest absolute Gasteiger partial charge is 0.480 e. The fraction of sp³-hybridized carbons (Fsp3) is 0.267. The molecule has 0 saturated carbocycles. The number of carboxylic acid groups (broad SMARTS) is 1. The number of rotatable bonds is 5. The summed E-state index contributed by atoms with van der Waals surface area (Å²) in [7, 11) is 0. The molecular formula is C15H14FN5O4. The normalized spacial score (nSPS) is 16.0. The number of nitrogens with one attached hydrogen (secondary N) is 2. The van der Waals surface area contributed by atoms with Crippen LogP contribution in [0.2, 0.25) is 0 Å². The Morgan fingerprint density at radius 1 is 1.44 bits per heavy atom. The van der Waals surface area contributed by atoms with Crippen LogP contribution in [-0.2, 0) is 27.5 Å². The van der Waals surface area contributed by atoms with E-state index in [9.17, 15) is 18.8 Å². The van der Waals surface area contributed by atoms with E-state index in [-0.39, 0.29) is 31.1 Å². The molecule has 3 rings (SSSR count). The molecule has 0 bridgehead atoms. The molecule has 0 saturated heterocycles. The molecule has 10 heteroatoms. The highest BCUT2D eigenvalue weighted by Gasteiger charge is 2.30. The maximum Gasteiger partial charge on any atom is 0.325 e. The van der Waals surface area contributed by atoms with Crippen LogP contribution in [0.5, 0.6) is 0 Å². The van der Waals surface area contributed by atoms with Crippen LogP contribution in [0.3, 0.4) is 0 Å². The molecule has 0 fully saturated rings. The van der Waals surface area contributed by atoms with Gasteiger partial charge in [-0.15, -0.1) is 5.10 Å². The summed E-state index contributed by atoms with van der Waals surface area (Å²) in [5, 5.41) is 21.3. The number of aliphatic carboxylic acids is 1. The van der Waals surface area contributed by atoms with E-state index in [0.717, 1.165) is 4.68 Å². The maximum absolute atomic E-state index is 13.3. The molecule has 3 N–H and O–H groups in total. The van der Waals surface area contributed by atoms with Crippen molar-refractivity contribution in [3.05, 3.63) is 41.5 Å². The topological polar surface area (TPSA) is 126 Å². The monoisotopic (exact) mass is 347 g/mol. The van der Waals surface area contributed by atoms with Crippen LogP contribution in [0.4, 0.5) is 10.1 Å². The zero-order valence-corrected chi connectivity index (χ0v) is 12.9. The lowest BCUT2D eigenvalue weighted by Crippen LogP contribution is -2.34. The zero-order chi connectivity index (χ0) is 18.0. The number of hydrogen-bond acceptors (Lipinski definition) is 5. The number of anilines is 1. The van der Waals surface area contributed by atoms with Gasteiger partial charge in [-0.1, -0.05) is 11.3 Å². The summed E-state index contributed by atoms with van der Waals surface area (Å²) in [5.41, 5.74) is 1.20. The Morgan fingerprint density at radius 2 is 2.24 bits per heavy atom. The third kappa shape index (κ3) is 3.79. The van der Waals surface area contributed by atoms with Gasteiger partial charge in [-0.3, -0.25) is 14.4 Å². The predicted octanol–water partition coefficient (Wildman–Crippen LogP) is 0.244. The van der Waals surface area contributed by atoms with E-state index in [0.29, 0.717) is 11.3 Å². The van der Waals surface area contributed by atoms with Crippen molar-refractivity contribution >= 4 is 23.5 Å². The summed E-state index contributed by atoms with van der Waals surface area (Å²) >= 11 is 0. The lowest BCUT2D eigenvalue weighted by Gasteiger charge is -2.24. The highest BCUT2D eigenvalue weighted by atomic mass is 19.1. The molecule has 9 nitrogen and oxygen atoms in total. The number of amides is 2. The Kier molecular flexibility index (Phi) is 4.42. The van der Waals surface area contributed by atoms with Crippen molar-refractivity contribution in [2.24, 2.45) is 0 Å². The van der Waals surface area contributed by atoms with Crippen molar-refractivity contribution in [3.63, 3.8) is 0 Å². The number of halogens is 1. The van der Waals surface area contributed by atoms with E-state index in [1.165, 1.54) is 24.4 Å². The lowest BCUT2D eigenvalue weighted by atomic mass is 9.89. The first kappa shape index (κ1) is 16.6. The maximum atomic E-state index is 13.3. The Hall–Kier alpha value is -3.30. The quantitative estimate of drug-likeness (QED) is 0.711. The highest BCUT2D eigenvalue weighted by molar-refractivity contribution is 6.01. The number of nitrogens with zero attached hydrogens (tertiary/aromatic N) is 3. The Bertz CT molecular complexity index is 850. The van der Waals surface area contributed by atoms with Crippen molar-refractivity contribution in [2.75, 3.05) is 5.32 Å². The third-order valence-electron chi connectivity index (χ3n) is 3.70. The first-order chi connectivity index (χ1) is 11.9. The van der Waals surface area contributed by atoms with Crippen molar-refractivity contribution in [1.29, 1.82) is 0 Å². The number of carbonyl (C=O) groups excluding carboxylic acids is 2. The minimum atomic E-state index is -1.06. The average molecular weight is 347 g/mol. The predicted molar refractivity (Wildman–Crippen MR) is 81.9 cm³/mol. The van der Waals surface area contributed by atoms with Gasteiger partial charge in [0.2, 0.25) is 11.8 Å². The van der Waals surface area contributed by atoms with Crippen LogP contribution in [0.25, 0.3) is 0 Å². The van der Waals surface area contributed by atoms with E-state index in [2.05, 4.69) is 20.9 Å². The second-order valence-electron chi connectivity index (χ2n) is 5.56. The number of carboxylic acids is 1. The number of hydrogen-bond donors (Lipinski definition) is 3. The summed E-state index contributed by atoms with van der Waals surface area (Å²) in [6.07, 6.45) is 1.36. The Morgan fingerprint density at radius 3 is 3.00 bits per heavy atom. The number of benzene rings is 1. The molecular weight excluding hydrogens is 333 g/mol. The lowest BCUT2D eigenvalue weighted by molar-refractivity contribution is -0.138. The Balaban J connectivity index is 1.68.